The molecule has 1 atom stereocenters. The third-order valence-electron chi connectivity index (χ3n) is 2.84. The van der Waals surface area contributed by atoms with Crippen LogP contribution in [-0.4, -0.2) is 17.4 Å². The molecule has 1 amide bonds. The van der Waals surface area contributed by atoms with E-state index in [1.54, 1.807) is 0 Å². The Morgan fingerprint density at radius 3 is 2.67 bits per heavy atom. The lowest BCUT2D eigenvalue weighted by molar-refractivity contribution is -0.122. The van der Waals surface area contributed by atoms with Crippen molar-refractivity contribution in [1.82, 2.24) is 5.43 Å². The van der Waals surface area contributed by atoms with Gasteiger partial charge in [-0.2, -0.15) is 11.8 Å². The van der Waals surface area contributed by atoms with Gasteiger partial charge in [-0.15, -0.1) is 0 Å². The first-order valence-corrected chi connectivity index (χ1v) is 7.58. The average Bonchev–Trinajstić information content (AvgIpc) is 2.43. The van der Waals surface area contributed by atoms with E-state index in [4.69, 9.17) is 5.84 Å². The second kappa shape index (κ2) is 9.00. The first-order chi connectivity index (χ1) is 8.79. The van der Waals surface area contributed by atoms with Crippen molar-refractivity contribution in [1.29, 1.82) is 0 Å². The van der Waals surface area contributed by atoms with E-state index in [1.165, 1.54) is 19.3 Å². The van der Waals surface area contributed by atoms with Gasteiger partial charge in [-0.05, 0) is 17.7 Å². The van der Waals surface area contributed by atoms with Gasteiger partial charge in [0.15, 0.2) is 0 Å². The number of nitrogens with two attached hydrogens (primary N) is 1. The lowest BCUT2D eigenvalue weighted by Crippen LogP contribution is -2.35. The zero-order valence-electron chi connectivity index (χ0n) is 10.9. The van der Waals surface area contributed by atoms with Crippen LogP contribution >= 0.6 is 11.8 Å². The van der Waals surface area contributed by atoms with Crippen LogP contribution in [0.5, 0.6) is 0 Å². The summed E-state index contributed by atoms with van der Waals surface area (Å²) in [6.45, 7) is 2.19. The summed E-state index contributed by atoms with van der Waals surface area (Å²) in [4.78, 5) is 11.8. The number of unbranched alkanes of at least 4 members (excludes halogenated alkanes) is 2. The van der Waals surface area contributed by atoms with Gasteiger partial charge >= 0.3 is 0 Å². The van der Waals surface area contributed by atoms with Crippen molar-refractivity contribution >= 4 is 17.7 Å². The van der Waals surface area contributed by atoms with Crippen LogP contribution in [-0.2, 0) is 4.79 Å². The van der Waals surface area contributed by atoms with E-state index in [9.17, 15) is 4.79 Å². The number of benzene rings is 1. The van der Waals surface area contributed by atoms with Crippen LogP contribution in [0.1, 0.15) is 37.7 Å². The van der Waals surface area contributed by atoms with E-state index in [-0.39, 0.29) is 11.8 Å². The van der Waals surface area contributed by atoms with Crippen LogP contribution < -0.4 is 11.3 Å². The number of thioether (sulfide) groups is 1. The summed E-state index contributed by atoms with van der Waals surface area (Å²) in [5.74, 6) is 6.89. The largest absolute Gasteiger partial charge is 0.294 e. The Balaban J connectivity index is 2.50. The molecule has 0 aliphatic rings. The van der Waals surface area contributed by atoms with Crippen LogP contribution in [0.15, 0.2) is 30.3 Å². The third-order valence-corrected chi connectivity index (χ3v) is 3.98. The minimum atomic E-state index is -0.150. The molecule has 0 bridgehead atoms. The summed E-state index contributed by atoms with van der Waals surface area (Å²) in [6, 6.07) is 9.82. The van der Waals surface area contributed by atoms with Crippen molar-refractivity contribution < 1.29 is 4.79 Å². The number of nitrogens with one attached hydrogen (secondary N) is 1. The van der Waals surface area contributed by atoms with E-state index in [0.717, 1.165) is 17.1 Å². The third kappa shape index (κ3) is 5.10. The molecule has 0 saturated carbocycles. The Labute approximate surface area is 113 Å². The average molecular weight is 266 g/mol. The second-order valence-electron chi connectivity index (χ2n) is 4.25. The molecule has 0 spiro atoms. The van der Waals surface area contributed by atoms with Crippen molar-refractivity contribution in [3.8, 4) is 0 Å². The van der Waals surface area contributed by atoms with Crippen molar-refractivity contribution in [3.05, 3.63) is 35.9 Å². The van der Waals surface area contributed by atoms with Gasteiger partial charge in [0.25, 0.3) is 0 Å². The van der Waals surface area contributed by atoms with Gasteiger partial charge in [-0.3, -0.25) is 10.2 Å². The van der Waals surface area contributed by atoms with Crippen LogP contribution in [0.2, 0.25) is 0 Å². The molecule has 3 nitrogen and oxygen atoms in total. The van der Waals surface area contributed by atoms with Gasteiger partial charge < -0.3 is 0 Å². The molecule has 1 unspecified atom stereocenters. The summed E-state index contributed by atoms with van der Waals surface area (Å²) >= 11 is 1.82. The van der Waals surface area contributed by atoms with Gasteiger partial charge in [-0.1, -0.05) is 50.1 Å². The maximum atomic E-state index is 11.8. The molecule has 3 N–H and O–H groups in total. The highest BCUT2D eigenvalue weighted by atomic mass is 32.2. The van der Waals surface area contributed by atoms with Crippen LogP contribution in [0, 0.1) is 0 Å². The number of hydrogen-bond donors (Lipinski definition) is 2. The number of rotatable bonds is 8. The summed E-state index contributed by atoms with van der Waals surface area (Å²) in [5, 5.41) is 0. The fraction of sp³-hybridized carbons (Fsp3) is 0.500. The van der Waals surface area contributed by atoms with Gasteiger partial charge in [0.1, 0.15) is 0 Å². The molecule has 100 valence electrons. The normalized spacial score (nSPS) is 12.1. The number of hydrogen-bond acceptors (Lipinski definition) is 3. The molecule has 0 saturated heterocycles. The molecule has 1 aromatic carbocycles. The maximum absolute atomic E-state index is 11.8. The Morgan fingerprint density at radius 2 is 2.06 bits per heavy atom. The van der Waals surface area contributed by atoms with Gasteiger partial charge in [0.05, 0.1) is 5.92 Å². The number of amides is 1. The van der Waals surface area contributed by atoms with Gasteiger partial charge in [-0.25, -0.2) is 5.84 Å². The maximum Gasteiger partial charge on any atom is 0.242 e. The van der Waals surface area contributed by atoms with E-state index in [1.807, 2.05) is 42.1 Å². The highest BCUT2D eigenvalue weighted by Gasteiger charge is 2.19. The smallest absolute Gasteiger partial charge is 0.242 e. The molecule has 4 heteroatoms. The zero-order chi connectivity index (χ0) is 13.2. The summed E-state index contributed by atoms with van der Waals surface area (Å²) in [7, 11) is 0. The zero-order valence-corrected chi connectivity index (χ0v) is 11.7. The molecule has 0 fully saturated rings. The van der Waals surface area contributed by atoms with Gasteiger partial charge in [0, 0.05) is 5.75 Å². The quantitative estimate of drug-likeness (QED) is 0.329. The molecular weight excluding hydrogens is 244 g/mol. The lowest BCUT2D eigenvalue weighted by atomic mass is 10.0. The molecule has 1 aromatic rings. The van der Waals surface area contributed by atoms with Crippen molar-refractivity contribution in [2.45, 2.75) is 32.1 Å². The molecule has 1 rings (SSSR count). The minimum absolute atomic E-state index is 0.107. The van der Waals surface area contributed by atoms with E-state index < -0.39 is 0 Å². The van der Waals surface area contributed by atoms with E-state index in [0.29, 0.717) is 0 Å². The summed E-state index contributed by atoms with van der Waals surface area (Å²) in [5.41, 5.74) is 3.29. The molecule has 0 aliphatic heterocycles. The standard InChI is InChI=1S/C14H22N2OS/c1-2-3-7-10-18-11-13(14(17)16-15)12-8-5-4-6-9-12/h4-6,8-9,13H,2-3,7,10-11,15H2,1H3,(H,16,17). The second-order valence-corrected chi connectivity index (χ2v) is 5.40. The van der Waals surface area contributed by atoms with Crippen LogP contribution in [0.4, 0.5) is 0 Å². The Bertz CT molecular complexity index is 343. The summed E-state index contributed by atoms with van der Waals surface area (Å²) in [6.07, 6.45) is 3.70. The summed E-state index contributed by atoms with van der Waals surface area (Å²) < 4.78 is 0. The fourth-order valence-corrected chi connectivity index (χ4v) is 2.92. The van der Waals surface area contributed by atoms with Gasteiger partial charge in [0.2, 0.25) is 5.91 Å². The first-order valence-electron chi connectivity index (χ1n) is 6.42. The van der Waals surface area contributed by atoms with E-state index >= 15 is 0 Å². The predicted molar refractivity (Wildman–Crippen MR) is 78.4 cm³/mol. The van der Waals surface area contributed by atoms with Crippen LogP contribution in [0.3, 0.4) is 0 Å². The minimum Gasteiger partial charge on any atom is -0.294 e. The lowest BCUT2D eigenvalue weighted by Gasteiger charge is -2.15. The van der Waals surface area contributed by atoms with Crippen molar-refractivity contribution in [2.24, 2.45) is 5.84 Å². The van der Waals surface area contributed by atoms with Crippen LogP contribution in [0.25, 0.3) is 0 Å². The highest BCUT2D eigenvalue weighted by molar-refractivity contribution is 7.99. The molecule has 18 heavy (non-hydrogen) atoms. The van der Waals surface area contributed by atoms with E-state index in [2.05, 4.69) is 12.3 Å². The number of carbonyl (C=O) groups excluding carboxylic acids is 1. The molecule has 0 aliphatic carbocycles. The van der Waals surface area contributed by atoms with Crippen molar-refractivity contribution in [2.75, 3.05) is 11.5 Å². The molecular formula is C14H22N2OS. The Morgan fingerprint density at radius 1 is 1.33 bits per heavy atom. The Hall–Kier alpha value is -1.00. The molecule has 0 heterocycles. The number of hydrazine groups is 1. The molecule has 0 aromatic heterocycles. The monoisotopic (exact) mass is 266 g/mol. The first kappa shape index (κ1) is 15.1. The number of carbonyl (C=O) groups is 1. The predicted octanol–water partition coefficient (Wildman–Crippen LogP) is 2.68. The highest BCUT2D eigenvalue weighted by Crippen LogP contribution is 2.21. The molecule has 0 radical (unpaired) electrons. The van der Waals surface area contributed by atoms with Crippen molar-refractivity contribution in [3.63, 3.8) is 0 Å². The SMILES string of the molecule is CCCCCSCC(C(=O)NN)c1ccccc1. The fourth-order valence-electron chi connectivity index (χ4n) is 1.76. The topological polar surface area (TPSA) is 55.1 Å². The Kier molecular flexibility index (Phi) is 7.53.